The molecular weight excluding hydrogens is 221 g/mol. The van der Waals surface area contributed by atoms with Crippen molar-refractivity contribution < 1.29 is 5.11 Å². The molecule has 0 spiro atoms. The molecule has 4 heteroatoms. The first kappa shape index (κ1) is 11.8. The van der Waals surface area contributed by atoms with Gasteiger partial charge in [0, 0.05) is 24.0 Å². The normalized spacial score (nSPS) is 18.1. The van der Waals surface area contributed by atoms with E-state index in [1.54, 1.807) is 0 Å². The first-order valence-electron chi connectivity index (χ1n) is 4.41. The van der Waals surface area contributed by atoms with Crippen molar-refractivity contribution in [2.45, 2.75) is 6.10 Å². The topological polar surface area (TPSA) is 32.3 Å². The highest BCUT2D eigenvalue weighted by Crippen LogP contribution is 2.25. The number of aliphatic hydroxyl groups is 1. The SMILES string of the molecule is Cl.O[C@H](c1ccc(Cl)cc1)C1CNC1. The molecular formula is C10H13Cl2NO. The Balaban J connectivity index is 0.000000980. The third kappa shape index (κ3) is 2.39. The summed E-state index contributed by atoms with van der Waals surface area (Å²) in [5.41, 5.74) is 0.955. The summed E-state index contributed by atoms with van der Waals surface area (Å²) in [5, 5.41) is 13.7. The largest absolute Gasteiger partial charge is 0.388 e. The summed E-state index contributed by atoms with van der Waals surface area (Å²) in [6.45, 7) is 1.81. The summed E-state index contributed by atoms with van der Waals surface area (Å²) in [4.78, 5) is 0. The van der Waals surface area contributed by atoms with Gasteiger partial charge in [-0.1, -0.05) is 23.7 Å². The molecule has 0 saturated carbocycles. The Labute approximate surface area is 94.7 Å². The van der Waals surface area contributed by atoms with E-state index in [2.05, 4.69) is 5.32 Å². The number of aliphatic hydroxyl groups excluding tert-OH is 1. The molecule has 1 saturated heterocycles. The molecule has 0 aromatic heterocycles. The minimum absolute atomic E-state index is 0. The second kappa shape index (κ2) is 4.99. The third-order valence-electron chi connectivity index (χ3n) is 2.47. The predicted octanol–water partition coefficient (Wildman–Crippen LogP) is 2.01. The predicted molar refractivity (Wildman–Crippen MR) is 60.0 cm³/mol. The summed E-state index contributed by atoms with van der Waals surface area (Å²) in [6, 6.07) is 7.38. The van der Waals surface area contributed by atoms with Crippen molar-refractivity contribution in [1.82, 2.24) is 5.32 Å². The van der Waals surface area contributed by atoms with Gasteiger partial charge in [0.25, 0.3) is 0 Å². The molecule has 1 atom stereocenters. The van der Waals surface area contributed by atoms with Crippen LogP contribution in [-0.4, -0.2) is 18.2 Å². The van der Waals surface area contributed by atoms with Crippen LogP contribution in [0.25, 0.3) is 0 Å². The van der Waals surface area contributed by atoms with Crippen LogP contribution in [-0.2, 0) is 0 Å². The highest BCUT2D eigenvalue weighted by Gasteiger charge is 2.26. The van der Waals surface area contributed by atoms with Gasteiger partial charge in [0.2, 0.25) is 0 Å². The van der Waals surface area contributed by atoms with Crippen molar-refractivity contribution in [3.8, 4) is 0 Å². The van der Waals surface area contributed by atoms with Crippen molar-refractivity contribution in [1.29, 1.82) is 0 Å². The molecule has 2 N–H and O–H groups in total. The van der Waals surface area contributed by atoms with Crippen LogP contribution in [0.15, 0.2) is 24.3 Å². The Morgan fingerprint density at radius 3 is 2.29 bits per heavy atom. The van der Waals surface area contributed by atoms with Gasteiger partial charge in [-0.3, -0.25) is 0 Å². The number of hydrogen-bond donors (Lipinski definition) is 2. The molecule has 0 aliphatic carbocycles. The highest BCUT2D eigenvalue weighted by atomic mass is 35.5. The zero-order chi connectivity index (χ0) is 9.26. The fourth-order valence-electron chi connectivity index (χ4n) is 1.47. The van der Waals surface area contributed by atoms with E-state index in [4.69, 9.17) is 11.6 Å². The van der Waals surface area contributed by atoms with Crippen molar-refractivity contribution in [3.63, 3.8) is 0 Å². The first-order valence-corrected chi connectivity index (χ1v) is 4.79. The molecule has 2 rings (SSSR count). The zero-order valence-electron chi connectivity index (χ0n) is 7.61. The molecule has 0 bridgehead atoms. The van der Waals surface area contributed by atoms with E-state index in [-0.39, 0.29) is 18.5 Å². The lowest BCUT2D eigenvalue weighted by Crippen LogP contribution is -2.45. The van der Waals surface area contributed by atoms with Crippen LogP contribution in [0, 0.1) is 5.92 Å². The maximum atomic E-state index is 9.85. The highest BCUT2D eigenvalue weighted by molar-refractivity contribution is 6.30. The lowest BCUT2D eigenvalue weighted by Gasteiger charge is -2.31. The van der Waals surface area contributed by atoms with E-state index >= 15 is 0 Å². The minimum Gasteiger partial charge on any atom is -0.388 e. The Bertz CT molecular complexity index is 285. The molecule has 1 heterocycles. The Hall–Kier alpha value is -0.280. The van der Waals surface area contributed by atoms with Crippen molar-refractivity contribution in [3.05, 3.63) is 34.9 Å². The van der Waals surface area contributed by atoms with E-state index < -0.39 is 0 Å². The van der Waals surface area contributed by atoms with E-state index in [0.29, 0.717) is 10.9 Å². The number of halogens is 2. The van der Waals surface area contributed by atoms with E-state index in [1.807, 2.05) is 24.3 Å². The average molecular weight is 234 g/mol. The van der Waals surface area contributed by atoms with Gasteiger partial charge < -0.3 is 10.4 Å². The molecule has 1 aliphatic rings. The van der Waals surface area contributed by atoms with E-state index in [1.165, 1.54) is 0 Å². The fourth-order valence-corrected chi connectivity index (χ4v) is 1.59. The second-order valence-corrected chi connectivity index (χ2v) is 3.85. The third-order valence-corrected chi connectivity index (χ3v) is 2.72. The molecule has 1 aromatic carbocycles. The maximum Gasteiger partial charge on any atom is 0.0842 e. The van der Waals surface area contributed by atoms with Crippen LogP contribution < -0.4 is 5.32 Å². The van der Waals surface area contributed by atoms with Gasteiger partial charge >= 0.3 is 0 Å². The molecule has 78 valence electrons. The van der Waals surface area contributed by atoms with E-state index in [0.717, 1.165) is 18.7 Å². The minimum atomic E-state index is -0.349. The summed E-state index contributed by atoms with van der Waals surface area (Å²) >= 11 is 5.75. The lowest BCUT2D eigenvalue weighted by molar-refractivity contribution is 0.0767. The quantitative estimate of drug-likeness (QED) is 0.820. The summed E-state index contributed by atoms with van der Waals surface area (Å²) < 4.78 is 0. The van der Waals surface area contributed by atoms with Crippen LogP contribution in [0.2, 0.25) is 5.02 Å². The van der Waals surface area contributed by atoms with Gasteiger partial charge in [-0.2, -0.15) is 0 Å². The molecule has 1 fully saturated rings. The number of hydrogen-bond acceptors (Lipinski definition) is 2. The van der Waals surface area contributed by atoms with Gasteiger partial charge in [0.1, 0.15) is 0 Å². The summed E-state index contributed by atoms with van der Waals surface area (Å²) in [5.74, 6) is 0.362. The molecule has 0 radical (unpaired) electrons. The molecule has 0 unspecified atom stereocenters. The Morgan fingerprint density at radius 1 is 1.29 bits per heavy atom. The van der Waals surface area contributed by atoms with Crippen LogP contribution in [0.5, 0.6) is 0 Å². The van der Waals surface area contributed by atoms with Gasteiger partial charge in [-0.25, -0.2) is 0 Å². The van der Waals surface area contributed by atoms with Gasteiger partial charge in [0.05, 0.1) is 6.10 Å². The van der Waals surface area contributed by atoms with Gasteiger partial charge in [-0.05, 0) is 17.7 Å². The Kier molecular flexibility index (Phi) is 4.20. The van der Waals surface area contributed by atoms with Crippen molar-refractivity contribution in [2.24, 2.45) is 5.92 Å². The standard InChI is InChI=1S/C10H12ClNO.ClH/c11-9-3-1-7(2-4-9)10(13)8-5-12-6-8;/h1-4,8,10,12-13H,5-6H2;1H/t10-;/m1./s1. The maximum absolute atomic E-state index is 9.85. The van der Waals surface area contributed by atoms with Gasteiger partial charge in [-0.15, -0.1) is 12.4 Å². The van der Waals surface area contributed by atoms with Crippen LogP contribution in [0.3, 0.4) is 0 Å². The van der Waals surface area contributed by atoms with Crippen molar-refractivity contribution >= 4 is 24.0 Å². The van der Waals surface area contributed by atoms with Crippen LogP contribution in [0.4, 0.5) is 0 Å². The van der Waals surface area contributed by atoms with Crippen LogP contribution >= 0.6 is 24.0 Å². The summed E-state index contributed by atoms with van der Waals surface area (Å²) in [7, 11) is 0. The molecule has 0 amide bonds. The number of benzene rings is 1. The molecule has 1 aliphatic heterocycles. The molecule has 2 nitrogen and oxygen atoms in total. The number of nitrogens with one attached hydrogen (secondary N) is 1. The molecule has 14 heavy (non-hydrogen) atoms. The zero-order valence-corrected chi connectivity index (χ0v) is 9.18. The lowest BCUT2D eigenvalue weighted by atomic mass is 9.91. The molecule has 1 aromatic rings. The van der Waals surface area contributed by atoms with Crippen LogP contribution in [0.1, 0.15) is 11.7 Å². The fraction of sp³-hybridized carbons (Fsp3) is 0.400. The van der Waals surface area contributed by atoms with E-state index in [9.17, 15) is 5.11 Å². The van der Waals surface area contributed by atoms with Gasteiger partial charge in [0.15, 0.2) is 0 Å². The first-order chi connectivity index (χ1) is 6.27. The smallest absolute Gasteiger partial charge is 0.0842 e. The Morgan fingerprint density at radius 2 is 1.86 bits per heavy atom. The monoisotopic (exact) mass is 233 g/mol. The average Bonchev–Trinajstić information content (AvgIpc) is 2.02. The summed E-state index contributed by atoms with van der Waals surface area (Å²) in [6.07, 6.45) is -0.349. The van der Waals surface area contributed by atoms with Crippen molar-refractivity contribution in [2.75, 3.05) is 13.1 Å². The second-order valence-electron chi connectivity index (χ2n) is 3.41. The number of rotatable bonds is 2.